The number of carbonyl (C=O) groups excluding carboxylic acids is 2. The van der Waals surface area contributed by atoms with Gasteiger partial charge in [-0.25, -0.2) is 0 Å². The van der Waals surface area contributed by atoms with Crippen LogP contribution in [0.1, 0.15) is 22.3 Å². The van der Waals surface area contributed by atoms with Gasteiger partial charge < -0.3 is 25.0 Å². The van der Waals surface area contributed by atoms with Gasteiger partial charge in [-0.05, 0) is 24.6 Å². The molecule has 0 aromatic heterocycles. The van der Waals surface area contributed by atoms with E-state index in [0.29, 0.717) is 57.2 Å². The normalized spacial score (nSPS) is 21.0. The van der Waals surface area contributed by atoms with Crippen LogP contribution in [0.15, 0.2) is 18.2 Å². The number of ether oxygens (including phenoxy) is 2. The van der Waals surface area contributed by atoms with Crippen molar-refractivity contribution in [1.29, 1.82) is 0 Å². The van der Waals surface area contributed by atoms with E-state index >= 15 is 0 Å². The van der Waals surface area contributed by atoms with Crippen molar-refractivity contribution in [3.05, 3.63) is 29.3 Å². The first-order valence-corrected chi connectivity index (χ1v) is 8.72. The Morgan fingerprint density at radius 2 is 2.04 bits per heavy atom. The highest BCUT2D eigenvalue weighted by atomic mass is 16.5. The molecule has 1 aromatic rings. The highest BCUT2D eigenvalue weighted by Crippen LogP contribution is 2.19. The standard InChI is InChI=1S/C18H25N3O4/c1-13-2-3-14(18(23)21-5-8-24-9-6-21)10-16(13)20-17(22)11-15-12-25-7-4-19-15/h2-3,10,15,19H,4-9,11-12H2,1H3,(H,20,22). The number of nitrogens with one attached hydrogen (secondary N) is 2. The van der Waals surface area contributed by atoms with E-state index in [1.807, 2.05) is 13.0 Å². The quantitative estimate of drug-likeness (QED) is 0.842. The van der Waals surface area contributed by atoms with Gasteiger partial charge in [0.15, 0.2) is 0 Å². The first-order chi connectivity index (χ1) is 12.1. The number of morpholine rings is 2. The number of hydrogen-bond acceptors (Lipinski definition) is 5. The highest BCUT2D eigenvalue weighted by molar-refractivity contribution is 5.98. The van der Waals surface area contributed by atoms with E-state index in [4.69, 9.17) is 9.47 Å². The third-order valence-electron chi connectivity index (χ3n) is 4.49. The molecule has 1 atom stereocenters. The fourth-order valence-corrected chi connectivity index (χ4v) is 3.01. The number of benzene rings is 1. The second-order valence-electron chi connectivity index (χ2n) is 6.41. The lowest BCUT2D eigenvalue weighted by Gasteiger charge is -2.27. The van der Waals surface area contributed by atoms with Crippen molar-refractivity contribution in [3.63, 3.8) is 0 Å². The molecule has 1 unspecified atom stereocenters. The molecule has 0 saturated carbocycles. The first-order valence-electron chi connectivity index (χ1n) is 8.72. The third-order valence-corrected chi connectivity index (χ3v) is 4.49. The van der Waals surface area contributed by atoms with Crippen LogP contribution in [0.4, 0.5) is 5.69 Å². The Hall–Kier alpha value is -1.96. The zero-order valence-corrected chi connectivity index (χ0v) is 14.5. The van der Waals surface area contributed by atoms with Gasteiger partial charge in [0.25, 0.3) is 5.91 Å². The van der Waals surface area contributed by atoms with Crippen LogP contribution >= 0.6 is 0 Å². The van der Waals surface area contributed by atoms with Gasteiger partial charge in [0.05, 0.1) is 26.4 Å². The van der Waals surface area contributed by atoms with Gasteiger partial charge in [-0.2, -0.15) is 0 Å². The molecule has 0 radical (unpaired) electrons. The van der Waals surface area contributed by atoms with E-state index in [1.54, 1.807) is 17.0 Å². The number of aryl methyl sites for hydroxylation is 1. The first kappa shape index (κ1) is 17.8. The number of rotatable bonds is 4. The molecule has 1 aromatic carbocycles. The Morgan fingerprint density at radius 3 is 2.76 bits per heavy atom. The summed E-state index contributed by atoms with van der Waals surface area (Å²) in [6, 6.07) is 5.47. The molecular formula is C18H25N3O4. The zero-order chi connectivity index (χ0) is 17.6. The molecular weight excluding hydrogens is 322 g/mol. The maximum Gasteiger partial charge on any atom is 0.254 e. The van der Waals surface area contributed by atoms with Crippen molar-refractivity contribution in [2.24, 2.45) is 0 Å². The van der Waals surface area contributed by atoms with Crippen LogP contribution in [-0.4, -0.2) is 68.8 Å². The van der Waals surface area contributed by atoms with Gasteiger partial charge in [-0.15, -0.1) is 0 Å². The second kappa shape index (κ2) is 8.42. The van der Waals surface area contributed by atoms with Crippen LogP contribution < -0.4 is 10.6 Å². The van der Waals surface area contributed by atoms with Gasteiger partial charge in [0.2, 0.25) is 5.91 Å². The Kier molecular flexibility index (Phi) is 6.01. The summed E-state index contributed by atoms with van der Waals surface area (Å²) in [5.74, 6) is -0.108. The van der Waals surface area contributed by atoms with Crippen LogP contribution in [-0.2, 0) is 14.3 Å². The molecule has 2 aliphatic heterocycles. The fraction of sp³-hybridized carbons (Fsp3) is 0.556. The van der Waals surface area contributed by atoms with Crippen molar-refractivity contribution in [3.8, 4) is 0 Å². The van der Waals surface area contributed by atoms with E-state index in [1.165, 1.54) is 0 Å². The summed E-state index contributed by atoms with van der Waals surface area (Å²) in [4.78, 5) is 26.7. The molecule has 2 aliphatic rings. The molecule has 2 heterocycles. The monoisotopic (exact) mass is 347 g/mol. The molecule has 25 heavy (non-hydrogen) atoms. The minimum absolute atomic E-state index is 0.0267. The topological polar surface area (TPSA) is 79.9 Å². The average Bonchev–Trinajstić information content (AvgIpc) is 2.64. The molecule has 2 saturated heterocycles. The van der Waals surface area contributed by atoms with E-state index in [0.717, 1.165) is 12.1 Å². The van der Waals surface area contributed by atoms with E-state index in [9.17, 15) is 9.59 Å². The Morgan fingerprint density at radius 1 is 1.24 bits per heavy atom. The minimum atomic E-state index is -0.0814. The molecule has 7 nitrogen and oxygen atoms in total. The number of carbonyl (C=O) groups is 2. The smallest absolute Gasteiger partial charge is 0.254 e. The van der Waals surface area contributed by atoms with Crippen LogP contribution in [0.25, 0.3) is 0 Å². The van der Waals surface area contributed by atoms with Crippen molar-refractivity contribution >= 4 is 17.5 Å². The lowest BCUT2D eigenvalue weighted by Crippen LogP contribution is -2.43. The minimum Gasteiger partial charge on any atom is -0.378 e. The summed E-state index contributed by atoms with van der Waals surface area (Å²) < 4.78 is 10.7. The van der Waals surface area contributed by atoms with Crippen molar-refractivity contribution < 1.29 is 19.1 Å². The van der Waals surface area contributed by atoms with E-state index in [2.05, 4.69) is 10.6 Å². The molecule has 0 bridgehead atoms. The summed E-state index contributed by atoms with van der Waals surface area (Å²) in [7, 11) is 0. The summed E-state index contributed by atoms with van der Waals surface area (Å²) in [5.41, 5.74) is 2.20. The van der Waals surface area contributed by atoms with Gasteiger partial charge in [0, 0.05) is 43.3 Å². The van der Waals surface area contributed by atoms with Crippen molar-refractivity contribution in [2.75, 3.05) is 51.4 Å². The predicted octanol–water partition coefficient (Wildman–Crippen LogP) is 0.784. The summed E-state index contributed by atoms with van der Waals surface area (Å²) in [6.07, 6.45) is 0.348. The number of hydrogen-bond donors (Lipinski definition) is 2. The molecule has 2 N–H and O–H groups in total. The van der Waals surface area contributed by atoms with Gasteiger partial charge in [-0.1, -0.05) is 6.07 Å². The maximum absolute atomic E-state index is 12.6. The fourth-order valence-electron chi connectivity index (χ4n) is 3.01. The lowest BCUT2D eigenvalue weighted by atomic mass is 10.1. The van der Waals surface area contributed by atoms with Crippen LogP contribution in [0, 0.1) is 6.92 Å². The van der Waals surface area contributed by atoms with Crippen LogP contribution in [0.2, 0.25) is 0 Å². The molecule has 3 rings (SSSR count). The van der Waals surface area contributed by atoms with Crippen LogP contribution in [0.3, 0.4) is 0 Å². The van der Waals surface area contributed by atoms with E-state index < -0.39 is 0 Å². The molecule has 0 aliphatic carbocycles. The number of amides is 2. The average molecular weight is 347 g/mol. The van der Waals surface area contributed by atoms with Gasteiger partial charge >= 0.3 is 0 Å². The molecule has 7 heteroatoms. The highest BCUT2D eigenvalue weighted by Gasteiger charge is 2.20. The lowest BCUT2D eigenvalue weighted by molar-refractivity contribution is -0.117. The third kappa shape index (κ3) is 4.78. The van der Waals surface area contributed by atoms with Gasteiger partial charge in [0.1, 0.15) is 0 Å². The Labute approximate surface area is 147 Å². The van der Waals surface area contributed by atoms with Crippen molar-refractivity contribution in [2.45, 2.75) is 19.4 Å². The van der Waals surface area contributed by atoms with Gasteiger partial charge in [-0.3, -0.25) is 9.59 Å². The Bertz CT molecular complexity index is 623. The van der Waals surface area contributed by atoms with Crippen LogP contribution in [0.5, 0.6) is 0 Å². The molecule has 2 fully saturated rings. The number of nitrogens with zero attached hydrogens (tertiary/aromatic N) is 1. The van der Waals surface area contributed by atoms with Crippen molar-refractivity contribution in [1.82, 2.24) is 10.2 Å². The summed E-state index contributed by atoms with van der Waals surface area (Å²) in [5, 5.41) is 6.19. The molecule has 136 valence electrons. The summed E-state index contributed by atoms with van der Waals surface area (Å²) in [6.45, 7) is 6.24. The second-order valence-corrected chi connectivity index (χ2v) is 6.41. The zero-order valence-electron chi connectivity index (χ0n) is 14.5. The largest absolute Gasteiger partial charge is 0.378 e. The Balaban J connectivity index is 1.64. The molecule has 2 amide bonds. The number of anilines is 1. The predicted molar refractivity (Wildman–Crippen MR) is 93.8 cm³/mol. The van der Waals surface area contributed by atoms with E-state index in [-0.39, 0.29) is 17.9 Å². The summed E-state index contributed by atoms with van der Waals surface area (Å²) >= 11 is 0. The molecule has 0 spiro atoms. The SMILES string of the molecule is Cc1ccc(C(=O)N2CCOCC2)cc1NC(=O)CC1COCCN1. The maximum atomic E-state index is 12.6.